The van der Waals surface area contributed by atoms with Crippen LogP contribution in [0.3, 0.4) is 0 Å². The third kappa shape index (κ3) is 4.25. The fraction of sp³-hybridized carbons (Fsp3) is 0.500. The van der Waals surface area contributed by atoms with Crippen molar-refractivity contribution in [2.45, 2.75) is 6.92 Å². The number of carbonyl (C=O) groups excluding carboxylic acids is 1. The second-order valence-corrected chi connectivity index (χ2v) is 6.25. The molecule has 2 heterocycles. The zero-order valence-corrected chi connectivity index (χ0v) is 14.1. The van der Waals surface area contributed by atoms with Crippen LogP contribution in [0.15, 0.2) is 29.3 Å². The van der Waals surface area contributed by atoms with Gasteiger partial charge in [0.1, 0.15) is 5.75 Å². The molecule has 23 heavy (non-hydrogen) atoms. The SMILES string of the molecule is CCOc1ccc(N=C2SCC(=O)N2CN2CCOCC2)cc1. The first-order chi connectivity index (χ1) is 11.3. The van der Waals surface area contributed by atoms with Crippen LogP contribution in [-0.2, 0) is 9.53 Å². The Labute approximate surface area is 140 Å². The van der Waals surface area contributed by atoms with E-state index in [0.717, 1.165) is 42.9 Å². The molecule has 0 saturated carbocycles. The van der Waals surface area contributed by atoms with Gasteiger partial charge in [-0.2, -0.15) is 0 Å². The maximum Gasteiger partial charge on any atom is 0.240 e. The van der Waals surface area contributed by atoms with E-state index in [1.165, 1.54) is 11.8 Å². The molecule has 2 aliphatic heterocycles. The van der Waals surface area contributed by atoms with Crippen molar-refractivity contribution in [3.63, 3.8) is 0 Å². The smallest absolute Gasteiger partial charge is 0.240 e. The number of amides is 1. The highest BCUT2D eigenvalue weighted by atomic mass is 32.2. The minimum Gasteiger partial charge on any atom is -0.494 e. The number of thioether (sulfide) groups is 1. The first-order valence-electron chi connectivity index (χ1n) is 7.81. The summed E-state index contributed by atoms with van der Waals surface area (Å²) in [5.74, 6) is 1.41. The first kappa shape index (κ1) is 16.3. The van der Waals surface area contributed by atoms with E-state index < -0.39 is 0 Å². The summed E-state index contributed by atoms with van der Waals surface area (Å²) in [4.78, 5) is 20.8. The molecule has 0 radical (unpaired) electrons. The van der Waals surface area contributed by atoms with Crippen LogP contribution in [0, 0.1) is 0 Å². The summed E-state index contributed by atoms with van der Waals surface area (Å²) in [6.07, 6.45) is 0. The molecule has 0 spiro atoms. The zero-order chi connectivity index (χ0) is 16.1. The number of hydrogen-bond acceptors (Lipinski definition) is 6. The molecule has 3 rings (SSSR count). The van der Waals surface area contributed by atoms with Crippen molar-refractivity contribution in [1.82, 2.24) is 9.80 Å². The molecule has 2 saturated heterocycles. The van der Waals surface area contributed by atoms with Crippen LogP contribution in [-0.4, -0.2) is 66.2 Å². The molecule has 0 bridgehead atoms. The zero-order valence-electron chi connectivity index (χ0n) is 13.2. The molecule has 1 aromatic carbocycles. The summed E-state index contributed by atoms with van der Waals surface area (Å²) >= 11 is 1.49. The molecular formula is C16H21N3O3S. The highest BCUT2D eigenvalue weighted by molar-refractivity contribution is 8.15. The summed E-state index contributed by atoms with van der Waals surface area (Å²) < 4.78 is 10.8. The first-order valence-corrected chi connectivity index (χ1v) is 8.79. The van der Waals surface area contributed by atoms with Crippen molar-refractivity contribution in [3.05, 3.63) is 24.3 Å². The Hall–Kier alpha value is -1.57. The Morgan fingerprint density at radius 1 is 1.26 bits per heavy atom. The van der Waals surface area contributed by atoms with Crippen molar-refractivity contribution in [1.29, 1.82) is 0 Å². The summed E-state index contributed by atoms with van der Waals surface area (Å²) in [7, 11) is 0. The molecule has 2 aliphatic rings. The van der Waals surface area contributed by atoms with Gasteiger partial charge >= 0.3 is 0 Å². The number of morpholine rings is 1. The lowest BCUT2D eigenvalue weighted by molar-refractivity contribution is -0.126. The minimum atomic E-state index is 0.117. The van der Waals surface area contributed by atoms with E-state index in [-0.39, 0.29) is 5.91 Å². The molecule has 0 N–H and O–H groups in total. The number of carbonyl (C=O) groups is 1. The van der Waals surface area contributed by atoms with E-state index in [9.17, 15) is 4.79 Å². The number of amidine groups is 1. The molecule has 0 aromatic heterocycles. The second kappa shape index (κ2) is 7.81. The van der Waals surface area contributed by atoms with E-state index in [4.69, 9.17) is 9.47 Å². The number of aliphatic imine (C=N–C) groups is 1. The maximum atomic E-state index is 12.1. The lowest BCUT2D eigenvalue weighted by Crippen LogP contribution is -2.45. The lowest BCUT2D eigenvalue weighted by Gasteiger charge is -2.30. The van der Waals surface area contributed by atoms with Gasteiger partial charge in [-0.05, 0) is 31.2 Å². The van der Waals surface area contributed by atoms with Gasteiger partial charge in [0.25, 0.3) is 0 Å². The molecule has 2 fully saturated rings. The summed E-state index contributed by atoms with van der Waals surface area (Å²) in [5, 5.41) is 0.769. The minimum absolute atomic E-state index is 0.117. The van der Waals surface area contributed by atoms with Crippen LogP contribution in [0.5, 0.6) is 5.75 Å². The van der Waals surface area contributed by atoms with Crippen molar-refractivity contribution in [2.24, 2.45) is 4.99 Å². The number of benzene rings is 1. The summed E-state index contributed by atoms with van der Waals surface area (Å²) in [5.41, 5.74) is 0.831. The number of hydrogen-bond donors (Lipinski definition) is 0. The van der Waals surface area contributed by atoms with Crippen molar-refractivity contribution >= 4 is 28.5 Å². The third-order valence-corrected chi connectivity index (χ3v) is 4.64. The molecule has 0 aliphatic carbocycles. The summed E-state index contributed by atoms with van der Waals surface area (Å²) in [6.45, 7) is 6.34. The highest BCUT2D eigenvalue weighted by Crippen LogP contribution is 2.25. The highest BCUT2D eigenvalue weighted by Gasteiger charge is 2.30. The third-order valence-electron chi connectivity index (χ3n) is 3.67. The van der Waals surface area contributed by atoms with Gasteiger partial charge in [0.15, 0.2) is 5.17 Å². The Morgan fingerprint density at radius 3 is 2.70 bits per heavy atom. The van der Waals surface area contributed by atoms with Gasteiger partial charge in [-0.3, -0.25) is 14.6 Å². The number of nitrogens with zero attached hydrogens (tertiary/aromatic N) is 3. The number of ether oxygens (including phenoxy) is 2. The fourth-order valence-corrected chi connectivity index (χ4v) is 3.35. The molecule has 6 nitrogen and oxygen atoms in total. The standard InChI is InChI=1S/C16H21N3O3S/c1-2-22-14-5-3-13(4-6-14)17-16-19(15(20)11-23-16)12-18-7-9-21-10-8-18/h3-6H,2,7-12H2,1H3. The average Bonchev–Trinajstić information content (AvgIpc) is 2.91. The largest absolute Gasteiger partial charge is 0.494 e. The normalized spacial score (nSPS) is 21.2. The topological polar surface area (TPSA) is 54.4 Å². The molecule has 124 valence electrons. The Morgan fingerprint density at radius 2 is 2.00 bits per heavy atom. The monoisotopic (exact) mass is 335 g/mol. The Kier molecular flexibility index (Phi) is 5.53. The van der Waals surface area contributed by atoms with Crippen LogP contribution in [0.2, 0.25) is 0 Å². The molecule has 7 heteroatoms. The van der Waals surface area contributed by atoms with Gasteiger partial charge in [-0.1, -0.05) is 11.8 Å². The van der Waals surface area contributed by atoms with Gasteiger partial charge < -0.3 is 9.47 Å². The van der Waals surface area contributed by atoms with Gasteiger partial charge in [-0.15, -0.1) is 0 Å². The van der Waals surface area contributed by atoms with E-state index in [2.05, 4.69) is 9.89 Å². The fourth-order valence-electron chi connectivity index (χ4n) is 2.46. The number of rotatable bonds is 5. The van der Waals surface area contributed by atoms with Crippen molar-refractivity contribution in [2.75, 3.05) is 45.3 Å². The van der Waals surface area contributed by atoms with Crippen LogP contribution in [0.1, 0.15) is 6.92 Å². The van der Waals surface area contributed by atoms with E-state index in [1.807, 2.05) is 31.2 Å². The Bertz CT molecular complexity index is 570. The van der Waals surface area contributed by atoms with Crippen LogP contribution < -0.4 is 4.74 Å². The van der Waals surface area contributed by atoms with Crippen LogP contribution in [0.4, 0.5) is 5.69 Å². The molecule has 1 amide bonds. The predicted octanol–water partition coefficient (Wildman–Crippen LogP) is 1.94. The maximum absolute atomic E-state index is 12.1. The van der Waals surface area contributed by atoms with Crippen molar-refractivity contribution < 1.29 is 14.3 Å². The molecule has 0 atom stereocenters. The van der Waals surface area contributed by atoms with E-state index in [0.29, 0.717) is 19.0 Å². The Balaban J connectivity index is 1.69. The molecule has 0 unspecified atom stereocenters. The predicted molar refractivity (Wildman–Crippen MR) is 91.3 cm³/mol. The average molecular weight is 335 g/mol. The van der Waals surface area contributed by atoms with E-state index >= 15 is 0 Å². The van der Waals surface area contributed by atoms with Gasteiger partial charge in [0.2, 0.25) is 5.91 Å². The summed E-state index contributed by atoms with van der Waals surface area (Å²) in [6, 6.07) is 7.62. The molecular weight excluding hydrogens is 314 g/mol. The van der Waals surface area contributed by atoms with Crippen LogP contribution >= 0.6 is 11.8 Å². The van der Waals surface area contributed by atoms with Gasteiger partial charge in [0, 0.05) is 13.1 Å². The van der Waals surface area contributed by atoms with Gasteiger partial charge in [-0.25, -0.2) is 4.99 Å². The van der Waals surface area contributed by atoms with E-state index in [1.54, 1.807) is 4.90 Å². The second-order valence-electron chi connectivity index (χ2n) is 5.30. The van der Waals surface area contributed by atoms with Gasteiger partial charge in [0.05, 0.1) is 37.9 Å². The van der Waals surface area contributed by atoms with Crippen molar-refractivity contribution in [3.8, 4) is 5.75 Å². The lowest BCUT2D eigenvalue weighted by atomic mass is 10.3. The van der Waals surface area contributed by atoms with Crippen LogP contribution in [0.25, 0.3) is 0 Å². The quantitative estimate of drug-likeness (QED) is 0.823. The molecule has 1 aromatic rings.